The number of nitrogens with zero attached hydrogens (tertiary/aromatic N) is 3. The summed E-state index contributed by atoms with van der Waals surface area (Å²) in [4.78, 5) is 23.4. The van der Waals surface area contributed by atoms with Gasteiger partial charge in [0.1, 0.15) is 11.5 Å². The highest BCUT2D eigenvalue weighted by molar-refractivity contribution is 6.30. The predicted molar refractivity (Wildman–Crippen MR) is 71.8 cm³/mol. The molecule has 0 amide bonds. The summed E-state index contributed by atoms with van der Waals surface area (Å²) in [6.45, 7) is 1.80. The van der Waals surface area contributed by atoms with E-state index in [1.54, 1.807) is 25.3 Å². The van der Waals surface area contributed by atoms with E-state index in [4.69, 9.17) is 16.3 Å². The maximum absolute atomic E-state index is 11.4. The molecule has 0 saturated carbocycles. The molecule has 20 heavy (non-hydrogen) atoms. The van der Waals surface area contributed by atoms with E-state index in [1.165, 1.54) is 13.4 Å². The van der Waals surface area contributed by atoms with Crippen LogP contribution in [0.2, 0.25) is 5.15 Å². The van der Waals surface area contributed by atoms with Gasteiger partial charge in [-0.2, -0.15) is 0 Å². The minimum atomic E-state index is -0.450. The lowest BCUT2D eigenvalue weighted by Gasteiger charge is -2.11. The standard InChI is InChI=1S/C13H12ClN3O3/c1-8-10(4-3-5-15-8)20-13-9(6-11(18)19-2)12(14)16-7-17-13/h3-5,7H,6H2,1-2H3. The summed E-state index contributed by atoms with van der Waals surface area (Å²) in [6, 6.07) is 3.49. The monoisotopic (exact) mass is 293 g/mol. The van der Waals surface area contributed by atoms with Crippen molar-refractivity contribution in [3.05, 3.63) is 41.1 Å². The van der Waals surface area contributed by atoms with Crippen molar-refractivity contribution in [1.82, 2.24) is 15.0 Å². The van der Waals surface area contributed by atoms with Crippen LogP contribution < -0.4 is 4.74 Å². The molecule has 0 atom stereocenters. The molecule has 0 bridgehead atoms. The van der Waals surface area contributed by atoms with Crippen molar-refractivity contribution in [1.29, 1.82) is 0 Å². The van der Waals surface area contributed by atoms with Gasteiger partial charge in [-0.3, -0.25) is 9.78 Å². The van der Waals surface area contributed by atoms with Crippen molar-refractivity contribution in [2.45, 2.75) is 13.3 Å². The Labute approximate surface area is 120 Å². The highest BCUT2D eigenvalue weighted by atomic mass is 35.5. The predicted octanol–water partition coefficient (Wildman–Crippen LogP) is 2.34. The van der Waals surface area contributed by atoms with Gasteiger partial charge >= 0.3 is 5.97 Å². The van der Waals surface area contributed by atoms with Gasteiger partial charge in [0, 0.05) is 6.20 Å². The van der Waals surface area contributed by atoms with Crippen LogP contribution in [0.5, 0.6) is 11.6 Å². The summed E-state index contributed by atoms with van der Waals surface area (Å²) in [5.74, 6) is 0.300. The number of hydrogen-bond acceptors (Lipinski definition) is 6. The van der Waals surface area contributed by atoms with Crippen molar-refractivity contribution in [2.75, 3.05) is 7.11 Å². The van der Waals surface area contributed by atoms with E-state index in [0.29, 0.717) is 17.0 Å². The second kappa shape index (κ2) is 6.29. The largest absolute Gasteiger partial charge is 0.469 e. The Hall–Kier alpha value is -2.21. The highest BCUT2D eigenvalue weighted by Crippen LogP contribution is 2.28. The minimum Gasteiger partial charge on any atom is -0.469 e. The van der Waals surface area contributed by atoms with E-state index in [-0.39, 0.29) is 17.5 Å². The second-order valence-corrected chi connectivity index (χ2v) is 4.25. The average Bonchev–Trinajstić information content (AvgIpc) is 2.44. The molecule has 0 aromatic carbocycles. The SMILES string of the molecule is COC(=O)Cc1c(Cl)ncnc1Oc1cccnc1C. The van der Waals surface area contributed by atoms with E-state index in [1.807, 2.05) is 0 Å². The van der Waals surface area contributed by atoms with Gasteiger partial charge < -0.3 is 9.47 Å². The number of methoxy groups -OCH3 is 1. The minimum absolute atomic E-state index is 0.0647. The van der Waals surface area contributed by atoms with E-state index in [9.17, 15) is 4.79 Å². The van der Waals surface area contributed by atoms with Gasteiger partial charge in [-0.15, -0.1) is 0 Å². The molecule has 2 aromatic rings. The molecule has 7 heteroatoms. The first-order valence-electron chi connectivity index (χ1n) is 5.77. The molecule has 0 fully saturated rings. The molecule has 0 aliphatic carbocycles. The van der Waals surface area contributed by atoms with Crippen molar-refractivity contribution in [2.24, 2.45) is 0 Å². The third-order valence-corrected chi connectivity index (χ3v) is 2.89. The number of rotatable bonds is 4. The number of carbonyl (C=O) groups is 1. The first kappa shape index (κ1) is 14.2. The van der Waals surface area contributed by atoms with Crippen LogP contribution in [0.4, 0.5) is 0 Å². The third kappa shape index (κ3) is 3.21. The molecule has 0 saturated heterocycles. The summed E-state index contributed by atoms with van der Waals surface area (Å²) in [5, 5.41) is 0.155. The van der Waals surface area contributed by atoms with Crippen molar-refractivity contribution < 1.29 is 14.3 Å². The van der Waals surface area contributed by atoms with Crippen LogP contribution in [0.25, 0.3) is 0 Å². The van der Waals surface area contributed by atoms with Crippen LogP contribution >= 0.6 is 11.6 Å². The van der Waals surface area contributed by atoms with Gasteiger partial charge in [0.15, 0.2) is 5.75 Å². The molecule has 2 aromatic heterocycles. The first-order chi connectivity index (χ1) is 9.61. The molecule has 0 unspecified atom stereocenters. The summed E-state index contributed by atoms with van der Waals surface area (Å²) in [7, 11) is 1.30. The van der Waals surface area contributed by atoms with Crippen LogP contribution in [0.15, 0.2) is 24.7 Å². The Morgan fingerprint density at radius 2 is 2.15 bits per heavy atom. The lowest BCUT2D eigenvalue weighted by atomic mass is 10.2. The summed E-state index contributed by atoms with van der Waals surface area (Å²) >= 11 is 5.98. The van der Waals surface area contributed by atoms with E-state index < -0.39 is 5.97 Å². The Morgan fingerprint density at radius 1 is 1.35 bits per heavy atom. The molecule has 6 nitrogen and oxygen atoms in total. The Balaban J connectivity index is 2.34. The molecule has 0 radical (unpaired) electrons. The van der Waals surface area contributed by atoms with Gasteiger partial charge in [0.2, 0.25) is 5.88 Å². The maximum Gasteiger partial charge on any atom is 0.310 e. The van der Waals surface area contributed by atoms with Gasteiger partial charge in [0.05, 0.1) is 24.8 Å². The molecule has 104 valence electrons. The van der Waals surface area contributed by atoms with Crippen LogP contribution in [0, 0.1) is 6.92 Å². The molecule has 0 N–H and O–H groups in total. The van der Waals surface area contributed by atoms with Crippen LogP contribution in [-0.2, 0) is 16.0 Å². The zero-order chi connectivity index (χ0) is 14.5. The summed E-state index contributed by atoms with van der Waals surface area (Å²) in [6.07, 6.45) is 2.86. The number of carbonyl (C=O) groups excluding carboxylic acids is 1. The summed E-state index contributed by atoms with van der Waals surface area (Å²) in [5.41, 5.74) is 1.08. The van der Waals surface area contributed by atoms with Crippen molar-refractivity contribution in [3.63, 3.8) is 0 Å². The molecular formula is C13H12ClN3O3. The number of hydrogen-bond donors (Lipinski definition) is 0. The van der Waals surface area contributed by atoms with Crippen LogP contribution in [0.3, 0.4) is 0 Å². The smallest absolute Gasteiger partial charge is 0.310 e. The topological polar surface area (TPSA) is 74.2 Å². The quantitative estimate of drug-likeness (QED) is 0.636. The van der Waals surface area contributed by atoms with Crippen LogP contribution in [0.1, 0.15) is 11.3 Å². The maximum atomic E-state index is 11.4. The molecule has 2 rings (SSSR count). The summed E-state index contributed by atoms with van der Waals surface area (Å²) < 4.78 is 10.3. The fraction of sp³-hybridized carbons (Fsp3) is 0.231. The number of aromatic nitrogens is 3. The lowest BCUT2D eigenvalue weighted by molar-refractivity contribution is -0.139. The fourth-order valence-corrected chi connectivity index (χ4v) is 1.70. The normalized spacial score (nSPS) is 10.2. The van der Waals surface area contributed by atoms with Gasteiger partial charge in [-0.1, -0.05) is 11.6 Å². The Morgan fingerprint density at radius 3 is 2.85 bits per heavy atom. The lowest BCUT2D eigenvalue weighted by Crippen LogP contribution is -2.08. The zero-order valence-electron chi connectivity index (χ0n) is 11.0. The van der Waals surface area contributed by atoms with E-state index in [2.05, 4.69) is 19.7 Å². The molecule has 2 heterocycles. The number of pyridine rings is 1. The zero-order valence-corrected chi connectivity index (χ0v) is 11.7. The van der Waals surface area contributed by atoms with Crippen molar-refractivity contribution in [3.8, 4) is 11.6 Å². The van der Waals surface area contributed by atoms with E-state index >= 15 is 0 Å². The second-order valence-electron chi connectivity index (χ2n) is 3.89. The molecular weight excluding hydrogens is 282 g/mol. The van der Waals surface area contributed by atoms with Gasteiger partial charge in [-0.25, -0.2) is 9.97 Å². The number of ether oxygens (including phenoxy) is 2. The number of esters is 1. The average molecular weight is 294 g/mol. The molecule has 0 aliphatic heterocycles. The Kier molecular flexibility index (Phi) is 4.47. The van der Waals surface area contributed by atoms with Crippen LogP contribution in [-0.4, -0.2) is 28.0 Å². The fourth-order valence-electron chi connectivity index (χ4n) is 1.51. The van der Waals surface area contributed by atoms with Gasteiger partial charge in [0.25, 0.3) is 0 Å². The van der Waals surface area contributed by atoms with E-state index in [0.717, 1.165) is 0 Å². The Bertz CT molecular complexity index is 634. The molecule has 0 spiro atoms. The highest BCUT2D eigenvalue weighted by Gasteiger charge is 2.17. The molecule has 0 aliphatic rings. The van der Waals surface area contributed by atoms with Crippen molar-refractivity contribution >= 4 is 17.6 Å². The number of halogens is 1. The first-order valence-corrected chi connectivity index (χ1v) is 6.15. The number of aryl methyl sites for hydroxylation is 1. The third-order valence-electron chi connectivity index (χ3n) is 2.57. The van der Waals surface area contributed by atoms with Gasteiger partial charge in [-0.05, 0) is 19.1 Å².